The highest BCUT2D eigenvalue weighted by Gasteiger charge is 2.44. The molecule has 3 aliphatic rings. The lowest BCUT2D eigenvalue weighted by Gasteiger charge is -2.33. The fraction of sp³-hybridized carbons (Fsp3) is 0.434. The summed E-state index contributed by atoms with van der Waals surface area (Å²) in [4.78, 5) is 84.7. The molecule has 2 heterocycles. The summed E-state index contributed by atoms with van der Waals surface area (Å²) in [6.45, 7) is 5.12. The summed E-state index contributed by atoms with van der Waals surface area (Å²) >= 11 is 0. The SMILES string of the molecule is CCCCCC1(CCCCC)c2cc(NC(=O)[C@@H]3CCCN3C(=O)[C@H](NC(=O)OC)c3ccccc3)ccc2-c2ccc(NC(=O)[C@@H]3CCCN3C(=O)[C@H](NC(=O)OC)c3ccccc3)cc21. The lowest BCUT2D eigenvalue weighted by Crippen LogP contribution is -2.48. The van der Waals surface area contributed by atoms with Gasteiger partial charge in [0.25, 0.3) is 11.8 Å². The number of anilines is 2. The largest absolute Gasteiger partial charge is 0.453 e. The quantitative estimate of drug-likeness (QED) is 0.0715. The topological polar surface area (TPSA) is 175 Å². The normalized spacial score (nSPS) is 17.7. The minimum atomic E-state index is -1.02. The van der Waals surface area contributed by atoms with Crippen LogP contribution in [0.15, 0.2) is 97.1 Å². The number of amides is 6. The van der Waals surface area contributed by atoms with Crippen molar-refractivity contribution in [2.24, 2.45) is 0 Å². The standard InChI is InChI=1S/C53H64N6O8/c1-5-7-15-29-53(30-16-8-6-2)41-33-37(54-47(60)43-23-17-31-58(43)49(62)45(56-51(64)66-3)35-19-11-9-12-20-35)25-27-39(41)40-28-26-38(34-42(40)53)55-48(61)44-24-18-32-59(44)50(63)46(57-52(65)67-4)36-21-13-10-14-22-36/h9-14,19-22,25-28,33-34,43-46H,5-8,15-18,23-24,29-32H2,1-4H3,(H,54,60)(H,55,61)(H,56,64)(H,57,65)/t43-,44-,45+,46+/m0/s1. The molecule has 0 spiro atoms. The molecule has 1 aliphatic carbocycles. The van der Waals surface area contributed by atoms with Crippen LogP contribution in [0, 0.1) is 0 Å². The lowest BCUT2D eigenvalue weighted by molar-refractivity contribution is -0.138. The molecule has 4 atom stereocenters. The Morgan fingerprint density at radius 1 is 0.582 bits per heavy atom. The summed E-state index contributed by atoms with van der Waals surface area (Å²) < 4.78 is 9.70. The second kappa shape index (κ2) is 22.2. The first kappa shape index (κ1) is 48.2. The molecule has 4 aromatic rings. The molecule has 2 saturated heterocycles. The molecule has 7 rings (SSSR count). The lowest BCUT2D eigenvalue weighted by atomic mass is 9.70. The molecule has 4 aromatic carbocycles. The summed E-state index contributed by atoms with van der Waals surface area (Å²) in [5.41, 5.74) is 6.43. The molecular formula is C53H64N6O8. The molecule has 0 radical (unpaired) electrons. The van der Waals surface area contributed by atoms with E-state index in [1.165, 1.54) is 14.2 Å². The number of rotatable bonds is 18. The van der Waals surface area contributed by atoms with E-state index in [0.29, 0.717) is 61.3 Å². The predicted octanol–water partition coefficient (Wildman–Crippen LogP) is 9.17. The second-order valence-corrected chi connectivity index (χ2v) is 17.8. The van der Waals surface area contributed by atoms with Crippen molar-refractivity contribution in [3.63, 3.8) is 0 Å². The molecule has 0 aromatic heterocycles. The minimum absolute atomic E-state index is 0.297. The van der Waals surface area contributed by atoms with Gasteiger partial charge in [-0.1, -0.05) is 125 Å². The molecular weight excluding hydrogens is 849 g/mol. The van der Waals surface area contributed by atoms with E-state index >= 15 is 0 Å². The van der Waals surface area contributed by atoms with E-state index in [4.69, 9.17) is 9.47 Å². The average molecular weight is 913 g/mol. The summed E-state index contributed by atoms with van der Waals surface area (Å²) in [5, 5.41) is 11.7. The van der Waals surface area contributed by atoms with E-state index in [1.54, 1.807) is 58.3 Å². The van der Waals surface area contributed by atoms with Crippen LogP contribution < -0.4 is 21.3 Å². The third-order valence-corrected chi connectivity index (χ3v) is 13.6. The molecule has 2 fully saturated rings. The zero-order chi connectivity index (χ0) is 47.5. The van der Waals surface area contributed by atoms with Gasteiger partial charge in [0, 0.05) is 29.9 Å². The summed E-state index contributed by atoms with van der Waals surface area (Å²) in [6, 6.07) is 26.5. The first-order valence-corrected chi connectivity index (χ1v) is 23.8. The highest BCUT2D eigenvalue weighted by Crippen LogP contribution is 2.55. The van der Waals surface area contributed by atoms with Crippen molar-refractivity contribution in [2.45, 2.75) is 120 Å². The smallest absolute Gasteiger partial charge is 0.407 e. The van der Waals surface area contributed by atoms with Crippen LogP contribution in [0.1, 0.15) is 125 Å². The molecule has 4 N–H and O–H groups in total. The number of methoxy groups -OCH3 is 2. The predicted molar refractivity (Wildman–Crippen MR) is 257 cm³/mol. The number of carbonyl (C=O) groups is 6. The third-order valence-electron chi connectivity index (χ3n) is 13.6. The van der Waals surface area contributed by atoms with Crippen molar-refractivity contribution < 1.29 is 38.2 Å². The first-order valence-electron chi connectivity index (χ1n) is 23.8. The number of ether oxygens (including phenoxy) is 2. The zero-order valence-corrected chi connectivity index (χ0v) is 39.1. The number of unbranched alkanes of at least 4 members (excludes halogenated alkanes) is 4. The highest BCUT2D eigenvalue weighted by molar-refractivity contribution is 6.01. The van der Waals surface area contributed by atoms with Crippen LogP contribution in [0.2, 0.25) is 0 Å². The van der Waals surface area contributed by atoms with Crippen molar-refractivity contribution in [1.82, 2.24) is 20.4 Å². The van der Waals surface area contributed by atoms with Crippen molar-refractivity contribution in [2.75, 3.05) is 37.9 Å². The van der Waals surface area contributed by atoms with Crippen LogP contribution >= 0.6 is 0 Å². The molecule has 0 saturated carbocycles. The first-order chi connectivity index (χ1) is 32.5. The number of carbonyl (C=O) groups excluding carboxylic acids is 6. The number of benzene rings is 4. The summed E-state index contributed by atoms with van der Waals surface area (Å²) in [7, 11) is 2.49. The summed E-state index contributed by atoms with van der Waals surface area (Å²) in [6.07, 6.45) is 8.64. The van der Waals surface area contributed by atoms with Gasteiger partial charge in [0.1, 0.15) is 24.2 Å². The van der Waals surface area contributed by atoms with E-state index in [1.807, 2.05) is 24.3 Å². The van der Waals surface area contributed by atoms with Crippen molar-refractivity contribution in [3.05, 3.63) is 119 Å². The number of hydrogen-bond acceptors (Lipinski definition) is 8. The average Bonchev–Trinajstić information content (AvgIpc) is 4.11. The monoisotopic (exact) mass is 912 g/mol. The van der Waals surface area contributed by atoms with Gasteiger partial charge in [0.05, 0.1) is 14.2 Å². The fourth-order valence-corrected chi connectivity index (χ4v) is 10.3. The minimum Gasteiger partial charge on any atom is -0.453 e. The number of alkyl carbamates (subject to hydrolysis) is 2. The van der Waals surface area contributed by atoms with Crippen LogP contribution in [-0.2, 0) is 34.1 Å². The Hall–Kier alpha value is -6.70. The fourth-order valence-electron chi connectivity index (χ4n) is 10.3. The molecule has 0 unspecified atom stereocenters. The molecule has 67 heavy (non-hydrogen) atoms. The van der Waals surface area contributed by atoms with Crippen LogP contribution in [0.5, 0.6) is 0 Å². The maximum Gasteiger partial charge on any atom is 0.407 e. The molecule has 14 heteroatoms. The Kier molecular flexibility index (Phi) is 16.0. The van der Waals surface area contributed by atoms with Crippen LogP contribution in [0.4, 0.5) is 21.0 Å². The Labute approximate surface area is 393 Å². The zero-order valence-electron chi connectivity index (χ0n) is 39.1. The van der Waals surface area contributed by atoms with Crippen LogP contribution in [0.3, 0.4) is 0 Å². The van der Waals surface area contributed by atoms with Crippen LogP contribution in [-0.4, -0.2) is 85.0 Å². The van der Waals surface area contributed by atoms with Gasteiger partial charge in [-0.25, -0.2) is 9.59 Å². The van der Waals surface area contributed by atoms with Gasteiger partial charge in [-0.15, -0.1) is 0 Å². The van der Waals surface area contributed by atoms with Gasteiger partial charge in [0.15, 0.2) is 0 Å². The van der Waals surface area contributed by atoms with E-state index < -0.39 is 41.8 Å². The Morgan fingerprint density at radius 3 is 1.36 bits per heavy atom. The third kappa shape index (κ3) is 10.6. The number of hydrogen-bond donors (Lipinski definition) is 4. The van der Waals surface area contributed by atoms with Gasteiger partial charge >= 0.3 is 12.2 Å². The Morgan fingerprint density at radius 2 is 0.985 bits per heavy atom. The Bertz CT molecular complexity index is 2240. The van der Waals surface area contributed by atoms with Crippen molar-refractivity contribution >= 4 is 47.2 Å². The van der Waals surface area contributed by atoms with Gasteiger partial charge in [-0.3, -0.25) is 19.2 Å². The summed E-state index contributed by atoms with van der Waals surface area (Å²) in [5.74, 6) is -1.36. The number of likely N-dealkylation sites (tertiary alicyclic amines) is 2. The van der Waals surface area contributed by atoms with E-state index in [9.17, 15) is 28.8 Å². The number of fused-ring (bicyclic) bond motifs is 3. The second-order valence-electron chi connectivity index (χ2n) is 17.8. The number of nitrogens with zero attached hydrogens (tertiary/aromatic N) is 2. The van der Waals surface area contributed by atoms with E-state index in [-0.39, 0.29) is 23.6 Å². The van der Waals surface area contributed by atoms with Crippen molar-refractivity contribution in [1.29, 1.82) is 0 Å². The van der Waals surface area contributed by atoms with E-state index in [2.05, 4.69) is 59.4 Å². The maximum absolute atomic E-state index is 14.3. The molecule has 0 bridgehead atoms. The molecule has 6 amide bonds. The van der Waals surface area contributed by atoms with Gasteiger partial charge < -0.3 is 40.5 Å². The highest BCUT2D eigenvalue weighted by atomic mass is 16.5. The van der Waals surface area contributed by atoms with E-state index in [0.717, 1.165) is 73.6 Å². The van der Waals surface area contributed by atoms with Gasteiger partial charge in [-0.05, 0) is 96.2 Å². The van der Waals surface area contributed by atoms with Gasteiger partial charge in [0.2, 0.25) is 11.8 Å². The molecule has 14 nitrogen and oxygen atoms in total. The van der Waals surface area contributed by atoms with Gasteiger partial charge in [-0.2, -0.15) is 0 Å². The van der Waals surface area contributed by atoms with Crippen molar-refractivity contribution in [3.8, 4) is 11.1 Å². The molecule has 2 aliphatic heterocycles. The number of nitrogens with one attached hydrogen (secondary N) is 4. The maximum atomic E-state index is 14.3. The van der Waals surface area contributed by atoms with Crippen LogP contribution in [0.25, 0.3) is 11.1 Å². The Balaban J connectivity index is 1.15. The molecule has 354 valence electrons.